The second-order valence-corrected chi connectivity index (χ2v) is 5.88. The predicted octanol–water partition coefficient (Wildman–Crippen LogP) is 2.58. The van der Waals surface area contributed by atoms with Crippen LogP contribution in [0.2, 0.25) is 0 Å². The van der Waals surface area contributed by atoms with Crippen LogP contribution < -0.4 is 5.32 Å². The van der Waals surface area contributed by atoms with Gasteiger partial charge < -0.3 is 10.4 Å². The first-order valence-corrected chi connectivity index (χ1v) is 6.86. The maximum atomic E-state index is 12.8. The van der Waals surface area contributed by atoms with Crippen molar-refractivity contribution >= 4 is 0 Å². The minimum absolute atomic E-state index is 0.167. The zero-order chi connectivity index (χ0) is 12.6. The van der Waals surface area contributed by atoms with Crippen LogP contribution in [0.3, 0.4) is 0 Å². The van der Waals surface area contributed by atoms with Gasteiger partial charge in [-0.15, -0.1) is 0 Å². The van der Waals surface area contributed by atoms with Crippen molar-refractivity contribution in [2.75, 3.05) is 6.54 Å². The summed E-state index contributed by atoms with van der Waals surface area (Å²) in [6.07, 6.45) is 5.23. The first kappa shape index (κ1) is 12.1. The lowest BCUT2D eigenvalue weighted by atomic mass is 9.74. The van der Waals surface area contributed by atoms with Gasteiger partial charge in [0.15, 0.2) is 0 Å². The van der Waals surface area contributed by atoms with E-state index in [-0.39, 0.29) is 5.82 Å². The second-order valence-electron chi connectivity index (χ2n) is 5.88. The summed E-state index contributed by atoms with van der Waals surface area (Å²) in [4.78, 5) is 0. The molecule has 0 bridgehead atoms. The quantitative estimate of drug-likeness (QED) is 0.859. The fourth-order valence-corrected chi connectivity index (χ4v) is 2.89. The molecule has 0 radical (unpaired) electrons. The molecule has 2 saturated carbocycles. The fourth-order valence-electron chi connectivity index (χ4n) is 2.89. The molecule has 3 heteroatoms. The molecule has 18 heavy (non-hydrogen) atoms. The molecule has 0 amide bonds. The number of benzene rings is 1. The van der Waals surface area contributed by atoms with Gasteiger partial charge in [-0.05, 0) is 55.7 Å². The first-order chi connectivity index (χ1) is 8.65. The van der Waals surface area contributed by atoms with Crippen molar-refractivity contribution in [1.29, 1.82) is 0 Å². The van der Waals surface area contributed by atoms with E-state index in [4.69, 9.17) is 0 Å². The summed E-state index contributed by atoms with van der Waals surface area (Å²) in [5.74, 6) is 0.388. The Morgan fingerprint density at radius 3 is 2.44 bits per heavy atom. The van der Waals surface area contributed by atoms with E-state index in [1.165, 1.54) is 17.7 Å². The predicted molar refractivity (Wildman–Crippen MR) is 69.0 cm³/mol. The largest absolute Gasteiger partial charge is 0.389 e. The van der Waals surface area contributed by atoms with Crippen molar-refractivity contribution in [2.24, 2.45) is 0 Å². The summed E-state index contributed by atoms with van der Waals surface area (Å²) in [5.41, 5.74) is 0.804. The van der Waals surface area contributed by atoms with Gasteiger partial charge >= 0.3 is 0 Å². The average molecular weight is 249 g/mol. The summed E-state index contributed by atoms with van der Waals surface area (Å²) in [6, 6.07) is 7.36. The van der Waals surface area contributed by atoms with Crippen LogP contribution >= 0.6 is 0 Å². The van der Waals surface area contributed by atoms with Gasteiger partial charge in [-0.2, -0.15) is 0 Å². The highest BCUT2D eigenvalue weighted by molar-refractivity contribution is 5.23. The molecule has 0 atom stereocenters. The Morgan fingerprint density at radius 2 is 1.89 bits per heavy atom. The molecule has 0 saturated heterocycles. The Bertz CT molecular complexity index is 407. The van der Waals surface area contributed by atoms with Gasteiger partial charge in [0.25, 0.3) is 0 Å². The lowest BCUT2D eigenvalue weighted by Gasteiger charge is -2.42. The number of aliphatic hydroxyl groups is 1. The van der Waals surface area contributed by atoms with E-state index in [0.29, 0.717) is 12.0 Å². The van der Waals surface area contributed by atoms with Crippen molar-refractivity contribution in [3.63, 3.8) is 0 Å². The third kappa shape index (κ3) is 2.43. The molecule has 0 unspecified atom stereocenters. The lowest BCUT2D eigenvalue weighted by molar-refractivity contribution is -0.0354. The fraction of sp³-hybridized carbons (Fsp3) is 0.600. The van der Waals surface area contributed by atoms with Crippen molar-refractivity contribution in [3.8, 4) is 0 Å². The summed E-state index contributed by atoms with van der Waals surface area (Å²) in [6.45, 7) is 0.730. The standard InChI is InChI=1S/C15H20FNO/c16-13-4-2-11(3-5-13)12-8-14(9-12)17-10-15(18)6-1-7-15/h2-5,12,14,17-18H,1,6-10H2. The van der Waals surface area contributed by atoms with Gasteiger partial charge in [-0.3, -0.25) is 0 Å². The molecule has 2 aliphatic rings. The molecule has 1 aromatic rings. The zero-order valence-corrected chi connectivity index (χ0v) is 10.5. The molecular weight excluding hydrogens is 229 g/mol. The highest BCUT2D eigenvalue weighted by atomic mass is 19.1. The molecule has 0 aromatic heterocycles. The van der Waals surface area contributed by atoms with Gasteiger partial charge in [-0.1, -0.05) is 12.1 Å². The normalized spacial score (nSPS) is 29.4. The summed E-state index contributed by atoms with van der Waals surface area (Å²) in [7, 11) is 0. The van der Waals surface area contributed by atoms with Crippen LogP contribution in [0.15, 0.2) is 24.3 Å². The molecular formula is C15H20FNO. The summed E-state index contributed by atoms with van der Waals surface area (Å²) < 4.78 is 12.8. The van der Waals surface area contributed by atoms with Crippen LogP contribution in [-0.4, -0.2) is 23.3 Å². The van der Waals surface area contributed by atoms with E-state index in [1.54, 1.807) is 0 Å². The smallest absolute Gasteiger partial charge is 0.123 e. The Hall–Kier alpha value is -0.930. The highest BCUT2D eigenvalue weighted by Gasteiger charge is 2.37. The lowest BCUT2D eigenvalue weighted by Crippen LogP contribution is -2.51. The van der Waals surface area contributed by atoms with E-state index in [9.17, 15) is 9.50 Å². The summed E-state index contributed by atoms with van der Waals surface area (Å²) in [5, 5.41) is 13.4. The van der Waals surface area contributed by atoms with Crippen LogP contribution in [0.5, 0.6) is 0 Å². The number of hydrogen-bond acceptors (Lipinski definition) is 2. The van der Waals surface area contributed by atoms with E-state index in [0.717, 1.165) is 38.6 Å². The van der Waals surface area contributed by atoms with Gasteiger partial charge in [0.1, 0.15) is 5.82 Å². The Kier molecular flexibility index (Phi) is 3.12. The molecule has 0 spiro atoms. The van der Waals surface area contributed by atoms with Crippen molar-refractivity contribution in [1.82, 2.24) is 5.32 Å². The minimum Gasteiger partial charge on any atom is -0.389 e. The average Bonchev–Trinajstić information content (AvgIpc) is 2.27. The third-order valence-corrected chi connectivity index (χ3v) is 4.48. The maximum absolute atomic E-state index is 12.8. The third-order valence-electron chi connectivity index (χ3n) is 4.48. The van der Waals surface area contributed by atoms with Gasteiger partial charge in [0, 0.05) is 12.6 Å². The van der Waals surface area contributed by atoms with Crippen LogP contribution in [-0.2, 0) is 0 Å². The molecule has 2 nitrogen and oxygen atoms in total. The molecule has 0 heterocycles. The number of nitrogens with one attached hydrogen (secondary N) is 1. The van der Waals surface area contributed by atoms with Gasteiger partial charge in [-0.25, -0.2) is 4.39 Å². The first-order valence-electron chi connectivity index (χ1n) is 6.86. The van der Waals surface area contributed by atoms with E-state index in [1.807, 2.05) is 12.1 Å². The monoisotopic (exact) mass is 249 g/mol. The molecule has 2 N–H and O–H groups in total. The molecule has 0 aliphatic heterocycles. The van der Waals surface area contributed by atoms with E-state index < -0.39 is 5.60 Å². The zero-order valence-electron chi connectivity index (χ0n) is 10.5. The number of rotatable bonds is 4. The molecule has 98 valence electrons. The Morgan fingerprint density at radius 1 is 1.22 bits per heavy atom. The number of hydrogen-bond donors (Lipinski definition) is 2. The minimum atomic E-state index is -0.430. The van der Waals surface area contributed by atoms with Crippen LogP contribution in [0.4, 0.5) is 4.39 Å². The van der Waals surface area contributed by atoms with E-state index >= 15 is 0 Å². The van der Waals surface area contributed by atoms with Crippen molar-refractivity contribution in [2.45, 2.75) is 49.7 Å². The number of halogens is 1. The molecule has 2 aliphatic carbocycles. The van der Waals surface area contributed by atoms with Crippen molar-refractivity contribution in [3.05, 3.63) is 35.6 Å². The highest BCUT2D eigenvalue weighted by Crippen LogP contribution is 2.38. The molecule has 3 rings (SSSR count). The van der Waals surface area contributed by atoms with Crippen molar-refractivity contribution < 1.29 is 9.50 Å². The topological polar surface area (TPSA) is 32.3 Å². The second kappa shape index (κ2) is 4.63. The Balaban J connectivity index is 1.44. The Labute approximate surface area is 107 Å². The van der Waals surface area contributed by atoms with E-state index in [2.05, 4.69) is 5.32 Å². The SMILES string of the molecule is OC1(CNC2CC(c3ccc(F)cc3)C2)CCC1. The molecule has 2 fully saturated rings. The van der Waals surface area contributed by atoms with Crippen LogP contribution in [0.1, 0.15) is 43.6 Å². The van der Waals surface area contributed by atoms with Gasteiger partial charge in [0.05, 0.1) is 5.60 Å². The summed E-state index contributed by atoms with van der Waals surface area (Å²) >= 11 is 0. The van der Waals surface area contributed by atoms with Gasteiger partial charge in [0.2, 0.25) is 0 Å². The van der Waals surface area contributed by atoms with Crippen LogP contribution in [0.25, 0.3) is 0 Å². The maximum Gasteiger partial charge on any atom is 0.123 e. The van der Waals surface area contributed by atoms with Crippen LogP contribution in [0, 0.1) is 5.82 Å². The molecule has 1 aromatic carbocycles.